The van der Waals surface area contributed by atoms with Crippen LogP contribution >= 0.6 is 54.8 Å². The standard InChI is InChI=1S/C11H7Br2ClFNS/c12-5-3-8(17-4-5)11(16)6-1-2-7(13)9(14)10(6)15/h1-4,11H,16H2. The first kappa shape index (κ1) is 13.5. The van der Waals surface area contributed by atoms with Gasteiger partial charge >= 0.3 is 0 Å². The summed E-state index contributed by atoms with van der Waals surface area (Å²) in [5.74, 6) is -0.474. The molecule has 1 aromatic carbocycles. The lowest BCUT2D eigenvalue weighted by Gasteiger charge is -2.12. The predicted molar refractivity (Wildman–Crippen MR) is 77.2 cm³/mol. The number of halogens is 4. The summed E-state index contributed by atoms with van der Waals surface area (Å²) in [6, 6.07) is 4.72. The zero-order valence-electron chi connectivity index (χ0n) is 8.38. The van der Waals surface area contributed by atoms with Crippen LogP contribution in [0.1, 0.15) is 16.5 Å². The van der Waals surface area contributed by atoms with Gasteiger partial charge in [-0.25, -0.2) is 4.39 Å². The minimum absolute atomic E-state index is 0.0635. The number of benzene rings is 1. The number of rotatable bonds is 2. The molecule has 0 fully saturated rings. The van der Waals surface area contributed by atoms with Crippen LogP contribution in [-0.4, -0.2) is 0 Å². The molecule has 1 nitrogen and oxygen atoms in total. The van der Waals surface area contributed by atoms with Gasteiger partial charge in [0.1, 0.15) is 5.82 Å². The van der Waals surface area contributed by atoms with Gasteiger partial charge in [0.05, 0.1) is 11.1 Å². The summed E-state index contributed by atoms with van der Waals surface area (Å²) < 4.78 is 15.4. The van der Waals surface area contributed by atoms with Crippen molar-refractivity contribution in [1.29, 1.82) is 0 Å². The maximum absolute atomic E-state index is 14.0. The van der Waals surface area contributed by atoms with Gasteiger partial charge < -0.3 is 5.73 Å². The lowest BCUT2D eigenvalue weighted by Crippen LogP contribution is -2.12. The van der Waals surface area contributed by atoms with E-state index < -0.39 is 11.9 Å². The minimum Gasteiger partial charge on any atom is -0.320 e. The molecule has 0 saturated carbocycles. The summed E-state index contributed by atoms with van der Waals surface area (Å²) in [4.78, 5) is 0.883. The normalized spacial score (nSPS) is 12.8. The molecule has 0 aliphatic rings. The first-order valence-electron chi connectivity index (χ1n) is 4.63. The van der Waals surface area contributed by atoms with Crippen LogP contribution in [-0.2, 0) is 0 Å². The van der Waals surface area contributed by atoms with Crippen LogP contribution in [0.4, 0.5) is 4.39 Å². The molecule has 17 heavy (non-hydrogen) atoms. The third kappa shape index (κ3) is 2.74. The van der Waals surface area contributed by atoms with Gasteiger partial charge in [-0.05, 0) is 44.0 Å². The van der Waals surface area contributed by atoms with Crippen LogP contribution in [0, 0.1) is 5.82 Å². The highest BCUT2D eigenvalue weighted by atomic mass is 79.9. The Bertz CT molecular complexity index is 558. The van der Waals surface area contributed by atoms with E-state index in [4.69, 9.17) is 17.3 Å². The molecule has 1 heterocycles. The first-order valence-corrected chi connectivity index (χ1v) is 7.48. The Morgan fingerprint density at radius 2 is 2.06 bits per heavy atom. The summed E-state index contributed by atoms with van der Waals surface area (Å²) >= 11 is 13.8. The van der Waals surface area contributed by atoms with Crippen molar-refractivity contribution < 1.29 is 4.39 Å². The molecule has 2 aromatic rings. The maximum atomic E-state index is 14.0. The van der Waals surface area contributed by atoms with Crippen LogP contribution in [0.3, 0.4) is 0 Å². The first-order chi connectivity index (χ1) is 8.00. The molecule has 1 unspecified atom stereocenters. The third-order valence-electron chi connectivity index (χ3n) is 2.29. The fourth-order valence-corrected chi connectivity index (χ4v) is 3.37. The van der Waals surface area contributed by atoms with Gasteiger partial charge in [-0.15, -0.1) is 11.3 Å². The Labute approximate surface area is 124 Å². The number of thiophene rings is 1. The van der Waals surface area contributed by atoms with Gasteiger partial charge in [0.15, 0.2) is 0 Å². The second-order valence-corrected chi connectivity index (χ2v) is 6.50. The molecule has 0 aliphatic heterocycles. The van der Waals surface area contributed by atoms with Crippen LogP contribution < -0.4 is 5.73 Å². The van der Waals surface area contributed by atoms with E-state index in [0.29, 0.717) is 10.0 Å². The highest BCUT2D eigenvalue weighted by molar-refractivity contribution is 9.10. The Kier molecular flexibility index (Phi) is 4.26. The molecule has 6 heteroatoms. The Morgan fingerprint density at radius 3 is 2.65 bits per heavy atom. The van der Waals surface area contributed by atoms with Crippen molar-refractivity contribution in [3.63, 3.8) is 0 Å². The van der Waals surface area contributed by atoms with E-state index in [1.54, 1.807) is 12.1 Å². The van der Waals surface area contributed by atoms with Gasteiger partial charge in [-0.1, -0.05) is 17.7 Å². The van der Waals surface area contributed by atoms with E-state index in [1.165, 1.54) is 11.3 Å². The monoisotopic (exact) mass is 397 g/mol. The second-order valence-electron chi connectivity index (χ2n) is 3.41. The van der Waals surface area contributed by atoms with E-state index in [0.717, 1.165) is 9.35 Å². The third-order valence-corrected chi connectivity index (χ3v) is 5.33. The molecule has 0 aliphatic carbocycles. The van der Waals surface area contributed by atoms with Crippen LogP contribution in [0.5, 0.6) is 0 Å². The lowest BCUT2D eigenvalue weighted by molar-refractivity contribution is 0.600. The zero-order valence-corrected chi connectivity index (χ0v) is 13.1. The van der Waals surface area contributed by atoms with Crippen molar-refractivity contribution in [2.45, 2.75) is 6.04 Å². The van der Waals surface area contributed by atoms with Crippen LogP contribution in [0.2, 0.25) is 5.02 Å². The fourth-order valence-electron chi connectivity index (χ4n) is 1.43. The van der Waals surface area contributed by atoms with Gasteiger partial charge in [-0.2, -0.15) is 0 Å². The molecular weight excluding hydrogens is 392 g/mol. The second kappa shape index (κ2) is 5.36. The summed E-state index contributed by atoms with van der Waals surface area (Å²) in [7, 11) is 0. The van der Waals surface area contributed by atoms with Gasteiger partial charge in [0, 0.05) is 24.8 Å². The zero-order chi connectivity index (χ0) is 12.6. The fraction of sp³-hybridized carbons (Fsp3) is 0.0909. The molecule has 1 aromatic heterocycles. The molecular formula is C11H7Br2ClFNS. The minimum atomic E-state index is -0.503. The summed E-state index contributed by atoms with van der Waals surface area (Å²) in [5, 5.41) is 1.97. The van der Waals surface area contributed by atoms with Crippen molar-refractivity contribution in [3.05, 3.63) is 53.8 Å². The van der Waals surface area contributed by atoms with Crippen molar-refractivity contribution in [2.75, 3.05) is 0 Å². The van der Waals surface area contributed by atoms with Crippen LogP contribution in [0.25, 0.3) is 0 Å². The van der Waals surface area contributed by atoms with Gasteiger partial charge in [-0.3, -0.25) is 0 Å². The smallest absolute Gasteiger partial charge is 0.148 e. The van der Waals surface area contributed by atoms with Gasteiger partial charge in [0.2, 0.25) is 0 Å². The Hall–Kier alpha value is 0.0600. The highest BCUT2D eigenvalue weighted by Gasteiger charge is 2.18. The van der Waals surface area contributed by atoms with E-state index in [1.807, 2.05) is 11.4 Å². The SMILES string of the molecule is NC(c1cc(Br)cs1)c1ccc(Br)c(Cl)c1F. The number of nitrogens with two attached hydrogens (primary N) is 1. The average Bonchev–Trinajstić information content (AvgIpc) is 2.72. The predicted octanol–water partition coefficient (Wildman–Crippen LogP) is 5.11. The molecule has 90 valence electrons. The molecule has 2 rings (SSSR count). The lowest BCUT2D eigenvalue weighted by atomic mass is 10.1. The molecule has 1 atom stereocenters. The average molecular weight is 400 g/mol. The molecule has 0 saturated heterocycles. The topological polar surface area (TPSA) is 26.0 Å². The highest BCUT2D eigenvalue weighted by Crippen LogP contribution is 2.34. The number of hydrogen-bond acceptors (Lipinski definition) is 2. The molecule has 0 amide bonds. The largest absolute Gasteiger partial charge is 0.320 e. The summed E-state index contributed by atoms with van der Waals surface area (Å²) in [6.07, 6.45) is 0. The van der Waals surface area contributed by atoms with Crippen molar-refractivity contribution in [2.24, 2.45) is 5.73 Å². The molecule has 0 spiro atoms. The quantitative estimate of drug-likeness (QED) is 0.698. The van der Waals surface area contributed by atoms with E-state index >= 15 is 0 Å². The molecule has 2 N–H and O–H groups in total. The molecule has 0 radical (unpaired) electrons. The van der Waals surface area contributed by atoms with E-state index in [-0.39, 0.29) is 5.02 Å². The van der Waals surface area contributed by atoms with Crippen molar-refractivity contribution in [1.82, 2.24) is 0 Å². The van der Waals surface area contributed by atoms with Crippen LogP contribution in [0.15, 0.2) is 32.5 Å². The van der Waals surface area contributed by atoms with E-state index in [2.05, 4.69) is 31.9 Å². The Balaban J connectivity index is 2.44. The summed E-state index contributed by atoms with van der Waals surface area (Å²) in [5.41, 5.74) is 6.42. The van der Waals surface area contributed by atoms with Crippen molar-refractivity contribution >= 4 is 54.8 Å². The summed E-state index contributed by atoms with van der Waals surface area (Å²) in [6.45, 7) is 0. The van der Waals surface area contributed by atoms with Gasteiger partial charge in [0.25, 0.3) is 0 Å². The number of hydrogen-bond donors (Lipinski definition) is 1. The van der Waals surface area contributed by atoms with E-state index in [9.17, 15) is 4.39 Å². The Morgan fingerprint density at radius 1 is 1.35 bits per heavy atom. The maximum Gasteiger partial charge on any atom is 0.148 e. The molecule has 0 bridgehead atoms. The van der Waals surface area contributed by atoms with Crippen molar-refractivity contribution in [3.8, 4) is 0 Å².